The minimum absolute atomic E-state index is 0.219. The fraction of sp³-hybridized carbons (Fsp3) is 0.533. The van der Waals surface area contributed by atoms with E-state index < -0.39 is 25.5 Å². The summed E-state index contributed by atoms with van der Waals surface area (Å²) in [6.07, 6.45) is 0.495. The van der Waals surface area contributed by atoms with Gasteiger partial charge in [-0.25, -0.2) is 0 Å². The Hall–Kier alpha value is -0.430. The van der Waals surface area contributed by atoms with Crippen molar-refractivity contribution in [2.45, 2.75) is 42.3 Å². The third-order valence-corrected chi connectivity index (χ3v) is 8.73. The summed E-state index contributed by atoms with van der Waals surface area (Å²) in [5, 5.41) is -0.313. The Morgan fingerprint density at radius 2 is 1.85 bits per heavy atom. The van der Waals surface area contributed by atoms with Crippen molar-refractivity contribution in [2.75, 3.05) is 11.5 Å². The Kier molecular flexibility index (Phi) is 7.56. The van der Waals surface area contributed by atoms with E-state index in [0.717, 1.165) is 14.6 Å². The second-order valence-electron chi connectivity index (χ2n) is 6.24. The molecule has 1 aromatic heterocycles. The Bertz CT molecular complexity index is 1020. The highest BCUT2D eigenvalue weighted by atomic mass is 35.5. The third-order valence-electron chi connectivity index (χ3n) is 4.07. The number of rotatable bonds is 9. The molecule has 0 radical (unpaired) electrons. The summed E-state index contributed by atoms with van der Waals surface area (Å²) in [5.74, 6) is 0.107. The lowest BCUT2D eigenvalue weighted by atomic mass is 10.2. The molecule has 0 amide bonds. The third kappa shape index (κ3) is 6.55. The van der Waals surface area contributed by atoms with Crippen molar-refractivity contribution in [3.63, 3.8) is 0 Å². The van der Waals surface area contributed by atoms with Crippen molar-refractivity contribution in [1.82, 2.24) is 0 Å². The molecule has 2 N–H and O–H groups in total. The van der Waals surface area contributed by atoms with Gasteiger partial charge >= 0.3 is 0 Å². The van der Waals surface area contributed by atoms with Crippen LogP contribution in [0, 0.1) is 0 Å². The predicted octanol–water partition coefficient (Wildman–Crippen LogP) is 3.44. The largest absolute Gasteiger partial charge is 0.298 e. The molecule has 0 fully saturated rings. The quantitative estimate of drug-likeness (QED) is 0.325. The summed E-state index contributed by atoms with van der Waals surface area (Å²) < 4.78 is 66.4. The predicted molar refractivity (Wildman–Crippen MR) is 109 cm³/mol. The number of benzene rings is 1. The maximum atomic E-state index is 11.2. The average Bonchev–Trinajstić information content (AvgIpc) is 2.88. The summed E-state index contributed by atoms with van der Waals surface area (Å²) in [6, 6.07) is 5.21. The zero-order valence-electron chi connectivity index (χ0n) is 14.7. The molecule has 1 aromatic carbocycles. The van der Waals surface area contributed by atoms with Gasteiger partial charge in [-0.3, -0.25) is 9.11 Å². The molecular formula is C15H21ClNO6S4+. The molecule has 152 valence electrons. The standard InChI is InChI=1S/C15H20ClNO6S4/c1-10(6-8-26(18,19)20)17-13-9-12(16)3-4-14(13)25-15(17)24-7-5-11(2)27(21,22)23/h3-4,9-11H,5-8H2,1-2H3,(H-,18,19,20,21,22,23)/p+1. The first-order valence-electron chi connectivity index (χ1n) is 8.06. The molecule has 2 atom stereocenters. The lowest BCUT2D eigenvalue weighted by Crippen LogP contribution is -2.39. The van der Waals surface area contributed by atoms with Crippen LogP contribution in [-0.2, 0) is 20.2 Å². The van der Waals surface area contributed by atoms with Crippen LogP contribution in [0.2, 0.25) is 5.02 Å². The highest BCUT2D eigenvalue weighted by Crippen LogP contribution is 2.32. The van der Waals surface area contributed by atoms with Gasteiger partial charge in [0.1, 0.15) is 4.70 Å². The van der Waals surface area contributed by atoms with Crippen LogP contribution < -0.4 is 4.57 Å². The number of aromatic nitrogens is 1. The molecule has 1 heterocycles. The molecule has 0 bridgehead atoms. The molecule has 27 heavy (non-hydrogen) atoms. The summed E-state index contributed by atoms with van der Waals surface area (Å²) in [7, 11) is -8.13. The molecular weight excluding hydrogens is 454 g/mol. The van der Waals surface area contributed by atoms with Gasteiger partial charge in [-0.05, 0) is 44.2 Å². The van der Waals surface area contributed by atoms with E-state index >= 15 is 0 Å². The van der Waals surface area contributed by atoms with Crippen LogP contribution in [0.1, 0.15) is 32.7 Å². The molecule has 0 saturated heterocycles. The zero-order chi connectivity index (χ0) is 20.4. The van der Waals surface area contributed by atoms with Crippen molar-refractivity contribution in [1.29, 1.82) is 0 Å². The highest BCUT2D eigenvalue weighted by molar-refractivity contribution is 8.01. The fourth-order valence-corrected chi connectivity index (χ4v) is 6.58. The number of halogens is 1. The summed E-state index contributed by atoms with van der Waals surface area (Å²) in [6.45, 7) is 3.30. The van der Waals surface area contributed by atoms with Crippen molar-refractivity contribution in [2.24, 2.45) is 0 Å². The lowest BCUT2D eigenvalue weighted by Gasteiger charge is -2.09. The van der Waals surface area contributed by atoms with E-state index in [1.54, 1.807) is 12.1 Å². The van der Waals surface area contributed by atoms with Gasteiger partial charge in [0.15, 0.2) is 6.04 Å². The van der Waals surface area contributed by atoms with Gasteiger partial charge in [-0.15, -0.1) is 0 Å². The smallest absolute Gasteiger partial charge is 0.286 e. The molecule has 7 nitrogen and oxygen atoms in total. The molecule has 0 aliphatic carbocycles. The van der Waals surface area contributed by atoms with Gasteiger partial charge < -0.3 is 0 Å². The Morgan fingerprint density at radius 1 is 1.19 bits per heavy atom. The zero-order valence-corrected chi connectivity index (χ0v) is 18.7. The van der Waals surface area contributed by atoms with E-state index in [4.69, 9.17) is 20.7 Å². The van der Waals surface area contributed by atoms with Gasteiger partial charge in [-0.1, -0.05) is 22.9 Å². The van der Waals surface area contributed by atoms with Gasteiger partial charge in [0.05, 0.1) is 11.0 Å². The van der Waals surface area contributed by atoms with Crippen LogP contribution in [0.4, 0.5) is 0 Å². The van der Waals surface area contributed by atoms with E-state index in [2.05, 4.69) is 0 Å². The lowest BCUT2D eigenvalue weighted by molar-refractivity contribution is -0.724. The molecule has 2 aromatic rings. The van der Waals surface area contributed by atoms with Crippen LogP contribution in [0.5, 0.6) is 0 Å². The molecule has 0 aliphatic rings. The van der Waals surface area contributed by atoms with E-state index in [0.29, 0.717) is 10.8 Å². The van der Waals surface area contributed by atoms with Crippen molar-refractivity contribution < 1.29 is 30.5 Å². The molecule has 12 heteroatoms. The van der Waals surface area contributed by atoms with Crippen molar-refractivity contribution >= 4 is 65.2 Å². The summed E-state index contributed by atoms with van der Waals surface area (Å²) in [4.78, 5) is 0. The van der Waals surface area contributed by atoms with Crippen molar-refractivity contribution in [3.8, 4) is 0 Å². The first kappa shape index (κ1) is 22.9. The number of nitrogens with zero attached hydrogens (tertiary/aromatic N) is 1. The molecule has 2 unspecified atom stereocenters. The number of hydrogen-bond donors (Lipinski definition) is 2. The molecule has 0 aliphatic heterocycles. The fourth-order valence-electron chi connectivity index (χ4n) is 2.43. The minimum atomic E-state index is -4.07. The molecule has 0 saturated carbocycles. The van der Waals surface area contributed by atoms with Gasteiger partial charge in [0, 0.05) is 23.3 Å². The number of thiazole rings is 1. The number of thioether (sulfide) groups is 1. The second-order valence-corrected chi connectivity index (χ2v) is 12.5. The Balaban J connectivity index is 2.29. The molecule has 2 rings (SSSR count). The van der Waals surface area contributed by atoms with Crippen molar-refractivity contribution in [3.05, 3.63) is 23.2 Å². The SMILES string of the molecule is CC(CCS(=O)(=O)O)[n+]1c(SCCC(C)S(=O)(=O)O)sc2ccc(Cl)cc21. The first-order chi connectivity index (χ1) is 12.4. The molecule has 0 spiro atoms. The minimum Gasteiger partial charge on any atom is -0.286 e. The Labute approximate surface area is 172 Å². The summed E-state index contributed by atoms with van der Waals surface area (Å²) >= 11 is 9.04. The van der Waals surface area contributed by atoms with Gasteiger partial charge in [0.2, 0.25) is 5.52 Å². The van der Waals surface area contributed by atoms with Crippen LogP contribution >= 0.6 is 34.7 Å². The van der Waals surface area contributed by atoms with E-state index in [1.807, 2.05) is 17.6 Å². The van der Waals surface area contributed by atoms with E-state index in [-0.39, 0.29) is 24.6 Å². The maximum Gasteiger partial charge on any atom is 0.298 e. The average molecular weight is 475 g/mol. The number of hydrogen-bond acceptors (Lipinski definition) is 6. The topological polar surface area (TPSA) is 113 Å². The van der Waals surface area contributed by atoms with Crippen LogP contribution in [0.15, 0.2) is 22.5 Å². The monoisotopic (exact) mass is 474 g/mol. The Morgan fingerprint density at radius 3 is 2.44 bits per heavy atom. The normalized spacial score (nSPS) is 15.1. The van der Waals surface area contributed by atoms with Crippen LogP contribution in [0.3, 0.4) is 0 Å². The van der Waals surface area contributed by atoms with E-state index in [1.165, 1.54) is 30.0 Å². The second kappa shape index (κ2) is 8.93. The van der Waals surface area contributed by atoms with Gasteiger partial charge in [0.25, 0.3) is 24.6 Å². The van der Waals surface area contributed by atoms with Gasteiger partial charge in [-0.2, -0.15) is 21.4 Å². The summed E-state index contributed by atoms with van der Waals surface area (Å²) in [5.41, 5.74) is 0.848. The number of fused-ring (bicyclic) bond motifs is 1. The van der Waals surface area contributed by atoms with Crippen LogP contribution in [-0.4, -0.2) is 42.7 Å². The first-order valence-corrected chi connectivity index (χ1v) is 13.4. The maximum absolute atomic E-state index is 11.2. The van der Waals surface area contributed by atoms with E-state index in [9.17, 15) is 16.8 Å². The van der Waals surface area contributed by atoms with Crippen LogP contribution in [0.25, 0.3) is 10.2 Å². The highest BCUT2D eigenvalue weighted by Gasteiger charge is 2.28.